The van der Waals surface area contributed by atoms with Gasteiger partial charge in [-0.3, -0.25) is 0 Å². The minimum Gasteiger partial charge on any atom is -0.458 e. The van der Waals surface area contributed by atoms with E-state index in [-0.39, 0.29) is 0 Å². The van der Waals surface area contributed by atoms with Gasteiger partial charge in [-0.25, -0.2) is 0 Å². The Balaban J connectivity index is 1.87. The van der Waals surface area contributed by atoms with Crippen molar-refractivity contribution in [1.29, 1.82) is 0 Å². The highest BCUT2D eigenvalue weighted by atomic mass is 28.3. The fourth-order valence-electron chi connectivity index (χ4n) is 4.81. The van der Waals surface area contributed by atoms with Crippen LogP contribution in [-0.4, -0.2) is 8.07 Å². The summed E-state index contributed by atoms with van der Waals surface area (Å²) in [7, 11) is -2.33. The lowest BCUT2D eigenvalue weighted by Gasteiger charge is -2.37. The van der Waals surface area contributed by atoms with Crippen molar-refractivity contribution < 1.29 is 4.74 Å². The molecule has 2 heteroatoms. The second kappa shape index (κ2) is 4.96. The maximum Gasteiger partial charge on any atom is 0.189 e. The normalized spacial score (nSPS) is 14.8. The van der Waals surface area contributed by atoms with E-state index in [0.29, 0.717) is 0 Å². The van der Waals surface area contributed by atoms with Crippen molar-refractivity contribution in [2.24, 2.45) is 0 Å². The van der Waals surface area contributed by atoms with E-state index < -0.39 is 8.07 Å². The van der Waals surface area contributed by atoms with Crippen molar-refractivity contribution in [2.45, 2.75) is 0 Å². The minimum atomic E-state index is -2.33. The molecule has 0 saturated carbocycles. The fourth-order valence-corrected chi connectivity index (χ4v) is 10.2. The predicted octanol–water partition coefficient (Wildman–Crippen LogP) is 3.15. The van der Waals surface area contributed by atoms with Crippen LogP contribution in [0.2, 0.25) is 0 Å². The fraction of sp³-hybridized carbons (Fsp3) is 0. The second-order valence-corrected chi connectivity index (χ2v) is 10.6. The van der Waals surface area contributed by atoms with Crippen LogP contribution in [0.3, 0.4) is 0 Å². The lowest BCUT2D eigenvalue weighted by molar-refractivity contribution is 0.487. The standard InChI is InChI=1S/C24H16OSi/c1-5-13-21-17(9-1)18-10-2-6-14-22(18)26(21)23-15-7-3-11-19(23)25-20-12-4-8-16-24(20)26/h1-16H. The number of benzene rings is 4. The van der Waals surface area contributed by atoms with Gasteiger partial charge in [0.1, 0.15) is 11.5 Å². The van der Waals surface area contributed by atoms with Crippen LogP contribution in [0.15, 0.2) is 97.1 Å². The lowest BCUT2D eigenvalue weighted by atomic mass is 10.1. The van der Waals surface area contributed by atoms with Gasteiger partial charge in [0.25, 0.3) is 0 Å². The first kappa shape index (κ1) is 14.1. The van der Waals surface area contributed by atoms with E-state index in [9.17, 15) is 0 Å². The Morgan fingerprint density at radius 2 is 0.808 bits per heavy atom. The molecule has 2 aliphatic rings. The Bertz CT molecular complexity index is 1080. The van der Waals surface area contributed by atoms with E-state index in [4.69, 9.17) is 4.74 Å². The molecule has 6 rings (SSSR count). The number of fused-ring (bicyclic) bond motifs is 9. The van der Waals surface area contributed by atoms with E-state index in [1.54, 1.807) is 0 Å². The Hall–Kier alpha value is -3.10. The molecule has 122 valence electrons. The van der Waals surface area contributed by atoms with E-state index in [1.165, 1.54) is 31.9 Å². The minimum absolute atomic E-state index is 1.00. The van der Waals surface area contributed by atoms with Crippen molar-refractivity contribution in [3.63, 3.8) is 0 Å². The number of rotatable bonds is 0. The van der Waals surface area contributed by atoms with E-state index in [2.05, 4.69) is 97.1 Å². The van der Waals surface area contributed by atoms with Gasteiger partial charge in [-0.1, -0.05) is 84.9 Å². The van der Waals surface area contributed by atoms with Gasteiger partial charge in [0.15, 0.2) is 8.07 Å². The summed E-state index contributed by atoms with van der Waals surface area (Å²) in [5.41, 5.74) is 2.75. The van der Waals surface area contributed by atoms with Crippen molar-refractivity contribution >= 4 is 28.8 Å². The van der Waals surface area contributed by atoms with Gasteiger partial charge in [0.2, 0.25) is 0 Å². The van der Waals surface area contributed by atoms with Crippen LogP contribution in [-0.2, 0) is 0 Å². The SMILES string of the molecule is c1ccc2c(c1)Oc1ccccc1[Si]21c2ccccc2-c2ccccc21. The van der Waals surface area contributed by atoms with E-state index in [0.717, 1.165) is 11.5 Å². The molecule has 2 aliphatic heterocycles. The Kier molecular flexibility index (Phi) is 2.69. The molecule has 1 spiro atoms. The number of ether oxygens (including phenoxy) is 1. The molecule has 0 aromatic heterocycles. The molecule has 26 heavy (non-hydrogen) atoms. The molecule has 0 aliphatic carbocycles. The van der Waals surface area contributed by atoms with Crippen LogP contribution in [0.5, 0.6) is 11.5 Å². The molecule has 0 radical (unpaired) electrons. The zero-order valence-electron chi connectivity index (χ0n) is 14.1. The Morgan fingerprint density at radius 1 is 0.423 bits per heavy atom. The highest BCUT2D eigenvalue weighted by Gasteiger charge is 2.52. The average Bonchev–Trinajstić information content (AvgIpc) is 3.00. The molecule has 4 aromatic rings. The van der Waals surface area contributed by atoms with Gasteiger partial charge in [-0.05, 0) is 44.0 Å². The van der Waals surface area contributed by atoms with Crippen LogP contribution in [0.4, 0.5) is 0 Å². The monoisotopic (exact) mass is 348 g/mol. The van der Waals surface area contributed by atoms with E-state index >= 15 is 0 Å². The van der Waals surface area contributed by atoms with Gasteiger partial charge in [-0.15, -0.1) is 0 Å². The topological polar surface area (TPSA) is 9.23 Å². The summed E-state index contributed by atoms with van der Waals surface area (Å²) in [4.78, 5) is 0. The maximum absolute atomic E-state index is 6.33. The molecular formula is C24H16OSi. The van der Waals surface area contributed by atoms with Gasteiger partial charge >= 0.3 is 0 Å². The zero-order chi connectivity index (χ0) is 17.1. The van der Waals surface area contributed by atoms with Crippen LogP contribution in [0, 0.1) is 0 Å². The predicted molar refractivity (Wildman–Crippen MR) is 109 cm³/mol. The molecule has 4 aromatic carbocycles. The summed E-state index contributed by atoms with van der Waals surface area (Å²) in [6.07, 6.45) is 0. The van der Waals surface area contributed by atoms with Gasteiger partial charge in [0, 0.05) is 0 Å². The third-order valence-electron chi connectivity index (χ3n) is 5.75. The van der Waals surface area contributed by atoms with Gasteiger partial charge in [0.05, 0.1) is 0 Å². The molecule has 0 bridgehead atoms. The quantitative estimate of drug-likeness (QED) is 0.383. The summed E-state index contributed by atoms with van der Waals surface area (Å²) in [5, 5.41) is 5.67. The lowest BCUT2D eigenvalue weighted by Crippen LogP contribution is -2.74. The smallest absolute Gasteiger partial charge is 0.189 e. The summed E-state index contributed by atoms with van der Waals surface area (Å²) in [5.74, 6) is 2.01. The molecule has 0 fully saturated rings. The van der Waals surface area contributed by atoms with Crippen LogP contribution in [0.1, 0.15) is 0 Å². The summed E-state index contributed by atoms with van der Waals surface area (Å²) >= 11 is 0. The van der Waals surface area contributed by atoms with Crippen LogP contribution < -0.4 is 25.5 Å². The van der Waals surface area contributed by atoms with Crippen molar-refractivity contribution in [3.05, 3.63) is 97.1 Å². The Labute approximate surface area is 153 Å². The molecule has 1 nitrogen and oxygen atoms in total. The first-order chi connectivity index (χ1) is 12.9. The number of hydrogen-bond acceptors (Lipinski definition) is 1. The molecule has 2 heterocycles. The van der Waals surface area contributed by atoms with Crippen LogP contribution in [0.25, 0.3) is 11.1 Å². The highest BCUT2D eigenvalue weighted by molar-refractivity contribution is 7.23. The van der Waals surface area contributed by atoms with Crippen molar-refractivity contribution in [2.75, 3.05) is 0 Å². The molecule has 0 amide bonds. The molecule has 0 saturated heterocycles. The third kappa shape index (κ3) is 1.56. The molecule has 0 unspecified atom stereocenters. The summed E-state index contributed by atoms with van der Waals surface area (Å²) < 4.78 is 6.33. The second-order valence-electron chi connectivity index (χ2n) is 6.94. The maximum atomic E-state index is 6.33. The van der Waals surface area contributed by atoms with E-state index in [1.807, 2.05) is 0 Å². The average molecular weight is 348 g/mol. The largest absolute Gasteiger partial charge is 0.458 e. The zero-order valence-corrected chi connectivity index (χ0v) is 15.1. The van der Waals surface area contributed by atoms with Crippen molar-refractivity contribution in [3.8, 4) is 22.6 Å². The number of hydrogen-bond donors (Lipinski definition) is 0. The van der Waals surface area contributed by atoms with Crippen molar-refractivity contribution in [1.82, 2.24) is 0 Å². The summed E-state index contributed by atoms with van der Waals surface area (Å²) in [6.45, 7) is 0. The number of para-hydroxylation sites is 2. The van der Waals surface area contributed by atoms with Crippen LogP contribution >= 0.6 is 0 Å². The molecule has 0 atom stereocenters. The first-order valence-electron chi connectivity index (χ1n) is 8.97. The molecular weight excluding hydrogens is 332 g/mol. The third-order valence-corrected chi connectivity index (χ3v) is 10.7. The molecule has 0 N–H and O–H groups in total. The first-order valence-corrected chi connectivity index (χ1v) is 11.0. The van der Waals surface area contributed by atoms with Gasteiger partial charge < -0.3 is 4.74 Å². The highest BCUT2D eigenvalue weighted by Crippen LogP contribution is 2.35. The van der Waals surface area contributed by atoms with Gasteiger partial charge in [-0.2, -0.15) is 0 Å². The summed E-state index contributed by atoms with van der Waals surface area (Å²) in [6, 6.07) is 35.1. The Morgan fingerprint density at radius 3 is 1.31 bits per heavy atom.